The molecular weight excluding hydrogens is 324 g/mol. The molecule has 3 rings (SSSR count). The Labute approximate surface area is 147 Å². The summed E-state index contributed by atoms with van der Waals surface area (Å²) in [6.45, 7) is 2.59. The predicted molar refractivity (Wildman–Crippen MR) is 90.1 cm³/mol. The van der Waals surface area contributed by atoms with E-state index in [1.54, 1.807) is 21.9 Å². The maximum atomic E-state index is 12.7. The van der Waals surface area contributed by atoms with Crippen LogP contribution in [0.2, 0.25) is 0 Å². The third kappa shape index (κ3) is 3.85. The molecule has 1 aromatic rings. The first kappa shape index (κ1) is 17.9. The fraction of sp³-hybridized carbons (Fsp3) is 0.706. The molecule has 2 aliphatic heterocycles. The van der Waals surface area contributed by atoms with Gasteiger partial charge in [0.15, 0.2) is 5.82 Å². The molecule has 1 aromatic heterocycles. The van der Waals surface area contributed by atoms with Crippen LogP contribution in [0, 0.1) is 0 Å². The van der Waals surface area contributed by atoms with E-state index in [-0.39, 0.29) is 30.5 Å². The first-order chi connectivity index (χ1) is 12.1. The average molecular weight is 350 g/mol. The number of ether oxygens (including phenoxy) is 2. The van der Waals surface area contributed by atoms with Crippen LogP contribution in [0.1, 0.15) is 29.9 Å². The van der Waals surface area contributed by atoms with Gasteiger partial charge >= 0.3 is 0 Å². The number of hydrogen-bond donors (Lipinski definition) is 0. The Kier molecular flexibility index (Phi) is 5.70. The Morgan fingerprint density at radius 1 is 1.32 bits per heavy atom. The molecule has 25 heavy (non-hydrogen) atoms. The van der Waals surface area contributed by atoms with E-state index in [1.165, 1.54) is 7.11 Å². The van der Waals surface area contributed by atoms with Gasteiger partial charge in [-0.25, -0.2) is 4.98 Å². The standard InChI is InChI=1S/C17H26N4O4/c1-19-8-6-18-16(19)17(23)20-7-3-14(11-20)21(15(22)12-24-2)13-4-9-25-10-5-13/h6,8,13-14H,3-5,7,9-12H2,1-2H3. The Morgan fingerprint density at radius 3 is 2.72 bits per heavy atom. The molecule has 0 radical (unpaired) electrons. The largest absolute Gasteiger partial charge is 0.381 e. The van der Waals surface area contributed by atoms with Crippen LogP contribution in [0.4, 0.5) is 0 Å². The molecule has 3 heterocycles. The second kappa shape index (κ2) is 7.97. The van der Waals surface area contributed by atoms with Gasteiger partial charge in [0, 0.05) is 58.9 Å². The van der Waals surface area contributed by atoms with E-state index in [9.17, 15) is 9.59 Å². The normalized spacial score (nSPS) is 21.5. The summed E-state index contributed by atoms with van der Waals surface area (Å²) in [6.07, 6.45) is 5.83. The van der Waals surface area contributed by atoms with Gasteiger partial charge in [0.05, 0.1) is 6.04 Å². The third-order valence-electron chi connectivity index (χ3n) is 5.00. The third-order valence-corrected chi connectivity index (χ3v) is 5.00. The van der Waals surface area contributed by atoms with Crippen molar-refractivity contribution in [1.82, 2.24) is 19.4 Å². The fourth-order valence-corrected chi connectivity index (χ4v) is 3.73. The predicted octanol–water partition coefficient (Wildman–Crippen LogP) is 0.289. The number of nitrogens with zero attached hydrogens (tertiary/aromatic N) is 4. The van der Waals surface area contributed by atoms with Gasteiger partial charge in [-0.3, -0.25) is 9.59 Å². The first-order valence-corrected chi connectivity index (χ1v) is 8.76. The molecule has 0 aromatic carbocycles. The molecule has 138 valence electrons. The lowest BCUT2D eigenvalue weighted by Gasteiger charge is -2.38. The summed E-state index contributed by atoms with van der Waals surface area (Å²) < 4.78 is 12.2. The van der Waals surface area contributed by atoms with Crippen LogP contribution in [0.15, 0.2) is 12.4 Å². The van der Waals surface area contributed by atoms with Crippen molar-refractivity contribution < 1.29 is 19.1 Å². The van der Waals surface area contributed by atoms with Gasteiger partial charge in [0.25, 0.3) is 5.91 Å². The summed E-state index contributed by atoms with van der Waals surface area (Å²) in [4.78, 5) is 33.2. The topological polar surface area (TPSA) is 76.9 Å². The van der Waals surface area contributed by atoms with E-state index in [0.717, 1.165) is 19.3 Å². The number of carbonyl (C=O) groups excluding carboxylic acids is 2. The number of hydrogen-bond acceptors (Lipinski definition) is 5. The summed E-state index contributed by atoms with van der Waals surface area (Å²) in [5.41, 5.74) is 0. The molecule has 8 heteroatoms. The lowest BCUT2D eigenvalue weighted by Crippen LogP contribution is -2.51. The van der Waals surface area contributed by atoms with E-state index in [2.05, 4.69) is 4.98 Å². The van der Waals surface area contributed by atoms with Crippen molar-refractivity contribution >= 4 is 11.8 Å². The highest BCUT2D eigenvalue weighted by atomic mass is 16.5. The van der Waals surface area contributed by atoms with Gasteiger partial charge in [0.2, 0.25) is 5.91 Å². The second-order valence-electron chi connectivity index (χ2n) is 6.63. The molecule has 2 saturated heterocycles. The van der Waals surface area contributed by atoms with Crippen molar-refractivity contribution in [3.8, 4) is 0 Å². The van der Waals surface area contributed by atoms with E-state index in [4.69, 9.17) is 9.47 Å². The van der Waals surface area contributed by atoms with Crippen molar-refractivity contribution in [3.63, 3.8) is 0 Å². The Balaban J connectivity index is 1.70. The fourth-order valence-electron chi connectivity index (χ4n) is 3.73. The minimum atomic E-state index is -0.0823. The van der Waals surface area contributed by atoms with Crippen LogP contribution >= 0.6 is 0 Å². The summed E-state index contributed by atoms with van der Waals surface area (Å²) in [6, 6.07) is 0.180. The van der Waals surface area contributed by atoms with Gasteiger partial charge in [-0.1, -0.05) is 0 Å². The zero-order chi connectivity index (χ0) is 17.8. The van der Waals surface area contributed by atoms with Crippen LogP contribution in [0.3, 0.4) is 0 Å². The molecule has 1 unspecified atom stereocenters. The van der Waals surface area contributed by atoms with Crippen molar-refractivity contribution in [2.24, 2.45) is 7.05 Å². The number of imidazole rings is 1. The maximum Gasteiger partial charge on any atom is 0.289 e. The number of aryl methyl sites for hydroxylation is 1. The summed E-state index contributed by atoms with van der Waals surface area (Å²) in [7, 11) is 3.34. The zero-order valence-electron chi connectivity index (χ0n) is 14.9. The average Bonchev–Trinajstić information content (AvgIpc) is 3.25. The Bertz CT molecular complexity index is 612. The van der Waals surface area contributed by atoms with Crippen molar-refractivity contribution in [2.45, 2.75) is 31.3 Å². The molecule has 0 spiro atoms. The van der Waals surface area contributed by atoms with Crippen LogP contribution in [-0.4, -0.2) is 83.3 Å². The second-order valence-corrected chi connectivity index (χ2v) is 6.63. The molecule has 1 atom stereocenters. The molecular formula is C17H26N4O4. The lowest BCUT2D eigenvalue weighted by atomic mass is 10.0. The number of rotatable bonds is 5. The Morgan fingerprint density at radius 2 is 2.08 bits per heavy atom. The highest BCUT2D eigenvalue weighted by molar-refractivity contribution is 5.91. The van der Waals surface area contributed by atoms with Crippen molar-refractivity contribution in [3.05, 3.63) is 18.2 Å². The number of aromatic nitrogens is 2. The van der Waals surface area contributed by atoms with E-state index in [1.807, 2.05) is 11.9 Å². The van der Waals surface area contributed by atoms with Gasteiger partial charge in [-0.05, 0) is 19.3 Å². The Hall–Kier alpha value is -1.93. The number of methoxy groups -OCH3 is 1. The molecule has 2 aliphatic rings. The van der Waals surface area contributed by atoms with E-state index in [0.29, 0.717) is 32.1 Å². The maximum absolute atomic E-state index is 12.7. The van der Waals surface area contributed by atoms with Crippen LogP contribution in [0.5, 0.6) is 0 Å². The van der Waals surface area contributed by atoms with Gasteiger partial charge in [0.1, 0.15) is 6.61 Å². The van der Waals surface area contributed by atoms with E-state index < -0.39 is 0 Å². The van der Waals surface area contributed by atoms with Gasteiger partial charge in [-0.15, -0.1) is 0 Å². The number of amides is 2. The first-order valence-electron chi connectivity index (χ1n) is 8.76. The molecule has 0 saturated carbocycles. The lowest BCUT2D eigenvalue weighted by molar-refractivity contribution is -0.142. The van der Waals surface area contributed by atoms with E-state index >= 15 is 0 Å². The van der Waals surface area contributed by atoms with Crippen molar-refractivity contribution in [1.29, 1.82) is 0 Å². The number of carbonyl (C=O) groups is 2. The SMILES string of the molecule is COCC(=O)N(C1CCOCC1)C1CCN(C(=O)c2nccn2C)C1. The smallest absolute Gasteiger partial charge is 0.289 e. The summed E-state index contributed by atoms with van der Waals surface area (Å²) in [5, 5.41) is 0. The summed E-state index contributed by atoms with van der Waals surface area (Å²) >= 11 is 0. The van der Waals surface area contributed by atoms with Crippen LogP contribution in [0.25, 0.3) is 0 Å². The molecule has 2 amide bonds. The highest BCUT2D eigenvalue weighted by Crippen LogP contribution is 2.24. The molecule has 0 N–H and O–H groups in total. The quantitative estimate of drug-likeness (QED) is 0.763. The number of likely N-dealkylation sites (tertiary alicyclic amines) is 1. The minimum Gasteiger partial charge on any atom is -0.381 e. The van der Waals surface area contributed by atoms with Gasteiger partial charge < -0.3 is 23.8 Å². The molecule has 0 bridgehead atoms. The highest BCUT2D eigenvalue weighted by Gasteiger charge is 2.37. The van der Waals surface area contributed by atoms with Gasteiger partial charge in [-0.2, -0.15) is 0 Å². The molecule has 8 nitrogen and oxygen atoms in total. The summed E-state index contributed by atoms with van der Waals surface area (Å²) in [5.74, 6) is 0.341. The molecule has 0 aliphatic carbocycles. The zero-order valence-corrected chi connectivity index (χ0v) is 14.9. The van der Waals surface area contributed by atoms with Crippen molar-refractivity contribution in [2.75, 3.05) is 40.0 Å². The molecule has 2 fully saturated rings. The monoisotopic (exact) mass is 350 g/mol. The minimum absolute atomic E-state index is 0.00862. The van der Waals surface area contributed by atoms with Crippen LogP contribution in [-0.2, 0) is 21.3 Å². The van der Waals surface area contributed by atoms with Crippen LogP contribution < -0.4 is 0 Å².